The van der Waals surface area contributed by atoms with Gasteiger partial charge < -0.3 is 4.74 Å². The summed E-state index contributed by atoms with van der Waals surface area (Å²) >= 11 is 0. The van der Waals surface area contributed by atoms with Gasteiger partial charge in [-0.2, -0.15) is 0 Å². The molecule has 7 heteroatoms. The molecule has 1 N–H and O–H groups in total. The summed E-state index contributed by atoms with van der Waals surface area (Å²) in [6.07, 6.45) is -0.885. The van der Waals surface area contributed by atoms with Crippen LogP contribution in [-0.2, 0) is 0 Å². The maximum Gasteiger partial charge on any atom is 0.417 e. The summed E-state index contributed by atoms with van der Waals surface area (Å²) in [6.45, 7) is 0. The van der Waals surface area contributed by atoms with E-state index in [0.29, 0.717) is 5.75 Å². The minimum atomic E-state index is -0.913. The van der Waals surface area contributed by atoms with E-state index in [2.05, 4.69) is 5.32 Å². The molecule has 0 aliphatic rings. The Hall–Kier alpha value is -2.96. The number of para-hydroxylation sites is 1. The SMILES string of the molecule is O=C(Nc1ccc([N+](=O)[O-])cc1F)Oc1ccccc1. The maximum absolute atomic E-state index is 13.5. The average Bonchev–Trinajstić information content (AvgIpc) is 2.42. The number of nitrogens with one attached hydrogen (secondary N) is 1. The lowest BCUT2D eigenvalue weighted by Crippen LogP contribution is -2.17. The first-order chi connectivity index (χ1) is 9.56. The number of nitro benzene ring substituents is 1. The van der Waals surface area contributed by atoms with E-state index >= 15 is 0 Å². The highest BCUT2D eigenvalue weighted by Crippen LogP contribution is 2.21. The predicted octanol–water partition coefficient (Wildman–Crippen LogP) is 3.34. The molecule has 0 fully saturated rings. The average molecular weight is 276 g/mol. The number of carbonyl (C=O) groups is 1. The van der Waals surface area contributed by atoms with Crippen molar-refractivity contribution in [1.82, 2.24) is 0 Å². The highest BCUT2D eigenvalue weighted by molar-refractivity contribution is 5.86. The molecule has 0 radical (unpaired) electrons. The van der Waals surface area contributed by atoms with Crippen LogP contribution < -0.4 is 10.1 Å². The van der Waals surface area contributed by atoms with E-state index in [0.717, 1.165) is 18.2 Å². The molecule has 0 aromatic heterocycles. The summed E-state index contributed by atoms with van der Waals surface area (Å²) in [5.74, 6) is -0.614. The topological polar surface area (TPSA) is 81.5 Å². The van der Waals surface area contributed by atoms with Crippen LogP contribution in [0.3, 0.4) is 0 Å². The highest BCUT2D eigenvalue weighted by atomic mass is 19.1. The number of non-ortho nitro benzene ring substituents is 1. The summed E-state index contributed by atoms with van der Waals surface area (Å²) in [4.78, 5) is 21.2. The number of rotatable bonds is 3. The Balaban J connectivity index is 2.06. The Morgan fingerprint density at radius 2 is 1.90 bits per heavy atom. The van der Waals surface area contributed by atoms with Gasteiger partial charge in [-0.3, -0.25) is 15.4 Å². The van der Waals surface area contributed by atoms with Crippen molar-refractivity contribution >= 4 is 17.5 Å². The molecule has 2 aromatic rings. The Morgan fingerprint density at radius 3 is 2.50 bits per heavy atom. The van der Waals surface area contributed by atoms with Crippen molar-refractivity contribution in [3.63, 3.8) is 0 Å². The lowest BCUT2D eigenvalue weighted by atomic mass is 10.2. The maximum atomic E-state index is 13.5. The largest absolute Gasteiger partial charge is 0.417 e. The van der Waals surface area contributed by atoms with Crippen molar-refractivity contribution in [2.75, 3.05) is 5.32 Å². The number of nitrogens with zero attached hydrogens (tertiary/aromatic N) is 1. The van der Waals surface area contributed by atoms with Crippen LogP contribution in [0.4, 0.5) is 20.6 Å². The van der Waals surface area contributed by atoms with Crippen molar-refractivity contribution in [3.8, 4) is 5.75 Å². The highest BCUT2D eigenvalue weighted by Gasteiger charge is 2.13. The predicted molar refractivity (Wildman–Crippen MR) is 69.1 cm³/mol. The number of hydrogen-bond donors (Lipinski definition) is 1. The lowest BCUT2D eigenvalue weighted by molar-refractivity contribution is -0.385. The van der Waals surface area contributed by atoms with Gasteiger partial charge in [0.05, 0.1) is 16.7 Å². The molecule has 0 bridgehead atoms. The zero-order chi connectivity index (χ0) is 14.5. The van der Waals surface area contributed by atoms with Crippen LogP contribution in [0, 0.1) is 15.9 Å². The van der Waals surface area contributed by atoms with Gasteiger partial charge in [0.25, 0.3) is 5.69 Å². The van der Waals surface area contributed by atoms with Gasteiger partial charge >= 0.3 is 6.09 Å². The minimum absolute atomic E-state index is 0.198. The number of anilines is 1. The van der Waals surface area contributed by atoms with Crippen LogP contribution in [0.15, 0.2) is 48.5 Å². The van der Waals surface area contributed by atoms with E-state index in [1.807, 2.05) is 0 Å². The number of carbonyl (C=O) groups excluding carboxylic acids is 1. The molecular weight excluding hydrogens is 267 g/mol. The first-order valence-electron chi connectivity index (χ1n) is 5.54. The van der Waals surface area contributed by atoms with E-state index < -0.39 is 22.5 Å². The number of nitro groups is 1. The van der Waals surface area contributed by atoms with Gasteiger partial charge in [0.1, 0.15) is 5.75 Å². The Kier molecular flexibility index (Phi) is 3.90. The van der Waals surface area contributed by atoms with Crippen LogP contribution in [0.2, 0.25) is 0 Å². The van der Waals surface area contributed by atoms with E-state index in [1.165, 1.54) is 0 Å². The minimum Gasteiger partial charge on any atom is -0.410 e. The molecule has 0 heterocycles. The third-order valence-corrected chi connectivity index (χ3v) is 2.35. The number of benzene rings is 2. The van der Waals surface area contributed by atoms with E-state index in [9.17, 15) is 19.3 Å². The van der Waals surface area contributed by atoms with Gasteiger partial charge in [-0.1, -0.05) is 18.2 Å². The second kappa shape index (κ2) is 5.79. The quantitative estimate of drug-likeness (QED) is 0.688. The van der Waals surface area contributed by atoms with Crippen LogP contribution in [0.5, 0.6) is 5.75 Å². The van der Waals surface area contributed by atoms with Crippen molar-refractivity contribution in [2.45, 2.75) is 0 Å². The second-order valence-electron chi connectivity index (χ2n) is 3.75. The van der Waals surface area contributed by atoms with Crippen molar-refractivity contribution in [1.29, 1.82) is 0 Å². The molecule has 0 atom stereocenters. The van der Waals surface area contributed by atoms with E-state index in [4.69, 9.17) is 4.74 Å². The van der Waals surface area contributed by atoms with Gasteiger partial charge in [0.2, 0.25) is 0 Å². The zero-order valence-corrected chi connectivity index (χ0v) is 10.1. The number of halogens is 1. The Morgan fingerprint density at radius 1 is 1.20 bits per heavy atom. The molecule has 2 rings (SSSR count). The van der Waals surface area contributed by atoms with E-state index in [-0.39, 0.29) is 5.69 Å². The zero-order valence-electron chi connectivity index (χ0n) is 10.1. The summed E-state index contributed by atoms with van der Waals surface area (Å²) < 4.78 is 18.4. The van der Waals surface area contributed by atoms with E-state index in [1.54, 1.807) is 30.3 Å². The number of amides is 1. The first kappa shape index (κ1) is 13.5. The molecule has 0 spiro atoms. The number of ether oxygens (including phenoxy) is 1. The van der Waals surface area contributed by atoms with Crippen molar-refractivity contribution in [3.05, 3.63) is 64.5 Å². The van der Waals surface area contributed by atoms with Gasteiger partial charge in [-0.15, -0.1) is 0 Å². The third-order valence-electron chi connectivity index (χ3n) is 2.35. The number of hydrogen-bond acceptors (Lipinski definition) is 4. The molecule has 0 unspecified atom stereocenters. The molecule has 6 nitrogen and oxygen atoms in total. The van der Waals surface area contributed by atoms with Gasteiger partial charge in [0.15, 0.2) is 5.82 Å². The Labute approximate surface area is 112 Å². The first-order valence-corrected chi connectivity index (χ1v) is 5.54. The molecular formula is C13H9FN2O4. The molecule has 0 aliphatic heterocycles. The van der Waals surface area contributed by atoms with Crippen LogP contribution in [-0.4, -0.2) is 11.0 Å². The Bertz CT molecular complexity index is 646. The lowest BCUT2D eigenvalue weighted by Gasteiger charge is -2.07. The molecule has 0 saturated heterocycles. The smallest absolute Gasteiger partial charge is 0.410 e. The summed E-state index contributed by atoms with van der Waals surface area (Å²) in [5, 5.41) is 12.6. The van der Waals surface area contributed by atoms with Crippen LogP contribution in [0.25, 0.3) is 0 Å². The normalized spacial score (nSPS) is 9.85. The van der Waals surface area contributed by atoms with Gasteiger partial charge in [-0.25, -0.2) is 9.18 Å². The monoisotopic (exact) mass is 276 g/mol. The molecule has 102 valence electrons. The van der Waals surface area contributed by atoms with Crippen molar-refractivity contribution < 1.29 is 18.8 Å². The molecule has 2 aromatic carbocycles. The fourth-order valence-corrected chi connectivity index (χ4v) is 1.45. The third kappa shape index (κ3) is 3.29. The van der Waals surface area contributed by atoms with Crippen LogP contribution in [0.1, 0.15) is 0 Å². The summed E-state index contributed by atoms with van der Waals surface area (Å²) in [5.41, 5.74) is -0.596. The van der Waals surface area contributed by atoms with Crippen LogP contribution >= 0.6 is 0 Å². The molecule has 0 saturated carbocycles. The molecule has 1 amide bonds. The van der Waals surface area contributed by atoms with Gasteiger partial charge in [0, 0.05) is 6.07 Å². The van der Waals surface area contributed by atoms with Gasteiger partial charge in [-0.05, 0) is 18.2 Å². The molecule has 20 heavy (non-hydrogen) atoms. The fraction of sp³-hybridized carbons (Fsp3) is 0. The second-order valence-corrected chi connectivity index (χ2v) is 3.75. The summed E-state index contributed by atoms with van der Waals surface area (Å²) in [6, 6.07) is 11.1. The molecule has 0 aliphatic carbocycles. The van der Waals surface area contributed by atoms with Crippen molar-refractivity contribution in [2.24, 2.45) is 0 Å². The fourth-order valence-electron chi connectivity index (χ4n) is 1.45. The summed E-state index contributed by atoms with van der Waals surface area (Å²) in [7, 11) is 0. The standard InChI is InChI=1S/C13H9FN2O4/c14-11-8-9(16(18)19)6-7-12(11)15-13(17)20-10-4-2-1-3-5-10/h1-8H,(H,15,17).